The second kappa shape index (κ2) is 8.65. The highest BCUT2D eigenvalue weighted by Gasteiger charge is 2.28. The summed E-state index contributed by atoms with van der Waals surface area (Å²) in [5.41, 5.74) is 1.66. The standard InChI is InChI=1S/C23H22F3NO3/c1-14-10-20(29-13-23(24,25)26)8-9-22(14)30-21-7-6-18-11-17(4-5-19(18)12-21)15(2)27-16(3)28/h4-12,15H,13H2,1-3H3,(H,27,28). The summed E-state index contributed by atoms with van der Waals surface area (Å²) in [6.07, 6.45) is -4.38. The van der Waals surface area contributed by atoms with Crippen LogP contribution in [0.25, 0.3) is 10.8 Å². The molecule has 0 heterocycles. The molecule has 30 heavy (non-hydrogen) atoms. The van der Waals surface area contributed by atoms with E-state index in [1.54, 1.807) is 13.0 Å². The van der Waals surface area contributed by atoms with Crippen molar-refractivity contribution < 1.29 is 27.4 Å². The number of hydrogen-bond acceptors (Lipinski definition) is 3. The fourth-order valence-corrected chi connectivity index (χ4v) is 3.08. The van der Waals surface area contributed by atoms with E-state index in [1.165, 1.54) is 19.1 Å². The summed E-state index contributed by atoms with van der Waals surface area (Å²) in [7, 11) is 0. The van der Waals surface area contributed by atoms with E-state index in [0.717, 1.165) is 16.3 Å². The molecule has 1 unspecified atom stereocenters. The fourth-order valence-electron chi connectivity index (χ4n) is 3.08. The van der Waals surface area contributed by atoms with Crippen molar-refractivity contribution in [2.75, 3.05) is 6.61 Å². The molecule has 0 aromatic heterocycles. The molecule has 1 atom stereocenters. The van der Waals surface area contributed by atoms with E-state index in [4.69, 9.17) is 9.47 Å². The molecule has 0 bridgehead atoms. The highest BCUT2D eigenvalue weighted by Crippen LogP contribution is 2.31. The molecule has 3 rings (SSSR count). The summed E-state index contributed by atoms with van der Waals surface area (Å²) in [5, 5.41) is 4.83. The van der Waals surface area contributed by atoms with E-state index in [2.05, 4.69) is 5.32 Å². The third kappa shape index (κ3) is 5.65. The van der Waals surface area contributed by atoms with Crippen molar-refractivity contribution in [1.29, 1.82) is 0 Å². The molecule has 7 heteroatoms. The van der Waals surface area contributed by atoms with Gasteiger partial charge in [0.15, 0.2) is 6.61 Å². The number of amides is 1. The molecule has 4 nitrogen and oxygen atoms in total. The Morgan fingerprint density at radius 3 is 2.33 bits per heavy atom. The third-order valence-corrected chi connectivity index (χ3v) is 4.53. The average molecular weight is 417 g/mol. The Balaban J connectivity index is 1.75. The van der Waals surface area contributed by atoms with Gasteiger partial charge in [0.25, 0.3) is 0 Å². The largest absolute Gasteiger partial charge is 0.484 e. The lowest BCUT2D eigenvalue weighted by molar-refractivity contribution is -0.153. The molecule has 0 radical (unpaired) electrons. The minimum atomic E-state index is -4.38. The first-order valence-corrected chi connectivity index (χ1v) is 9.39. The van der Waals surface area contributed by atoms with Crippen LogP contribution in [0.2, 0.25) is 0 Å². The van der Waals surface area contributed by atoms with Gasteiger partial charge in [0.2, 0.25) is 5.91 Å². The molecule has 0 saturated heterocycles. The number of benzene rings is 3. The Morgan fingerprint density at radius 2 is 1.67 bits per heavy atom. The maximum atomic E-state index is 12.3. The second-order valence-electron chi connectivity index (χ2n) is 7.12. The highest BCUT2D eigenvalue weighted by molar-refractivity contribution is 5.85. The molecule has 0 aliphatic carbocycles. The van der Waals surface area contributed by atoms with Crippen molar-refractivity contribution in [3.05, 3.63) is 65.7 Å². The van der Waals surface area contributed by atoms with Gasteiger partial charge in [-0.2, -0.15) is 13.2 Å². The van der Waals surface area contributed by atoms with Gasteiger partial charge in [0.05, 0.1) is 6.04 Å². The highest BCUT2D eigenvalue weighted by atomic mass is 19.4. The van der Waals surface area contributed by atoms with Crippen LogP contribution in [0.3, 0.4) is 0 Å². The number of carbonyl (C=O) groups excluding carboxylic acids is 1. The van der Waals surface area contributed by atoms with Crippen molar-refractivity contribution in [3.8, 4) is 17.2 Å². The number of rotatable bonds is 6. The van der Waals surface area contributed by atoms with Crippen LogP contribution >= 0.6 is 0 Å². The van der Waals surface area contributed by atoms with E-state index >= 15 is 0 Å². The van der Waals surface area contributed by atoms with Gasteiger partial charge in [-0.25, -0.2) is 0 Å². The topological polar surface area (TPSA) is 47.6 Å². The average Bonchev–Trinajstić information content (AvgIpc) is 2.66. The second-order valence-corrected chi connectivity index (χ2v) is 7.12. The van der Waals surface area contributed by atoms with Crippen molar-refractivity contribution >= 4 is 16.7 Å². The summed E-state index contributed by atoms with van der Waals surface area (Å²) >= 11 is 0. The van der Waals surface area contributed by atoms with Crippen molar-refractivity contribution in [3.63, 3.8) is 0 Å². The lowest BCUT2D eigenvalue weighted by atomic mass is 10.0. The fraction of sp³-hybridized carbons (Fsp3) is 0.261. The third-order valence-electron chi connectivity index (χ3n) is 4.53. The lowest BCUT2D eigenvalue weighted by Crippen LogP contribution is -2.23. The first-order valence-electron chi connectivity index (χ1n) is 9.39. The Kier molecular flexibility index (Phi) is 6.20. The van der Waals surface area contributed by atoms with Gasteiger partial charge in [0, 0.05) is 6.92 Å². The van der Waals surface area contributed by atoms with Crippen molar-refractivity contribution in [2.24, 2.45) is 0 Å². The molecule has 1 amide bonds. The minimum Gasteiger partial charge on any atom is -0.484 e. The van der Waals surface area contributed by atoms with E-state index < -0.39 is 12.8 Å². The van der Waals surface area contributed by atoms with Gasteiger partial charge in [-0.15, -0.1) is 0 Å². The molecule has 0 spiro atoms. The van der Waals surface area contributed by atoms with Gasteiger partial charge in [-0.1, -0.05) is 18.2 Å². The molecule has 0 aliphatic rings. The molecular weight excluding hydrogens is 395 g/mol. The molecular formula is C23H22F3NO3. The zero-order valence-electron chi connectivity index (χ0n) is 16.8. The molecule has 158 valence electrons. The predicted octanol–water partition coefficient (Wildman–Crippen LogP) is 6.08. The molecule has 1 N–H and O–H groups in total. The lowest BCUT2D eigenvalue weighted by Gasteiger charge is -2.15. The first-order chi connectivity index (χ1) is 14.1. The molecule has 3 aromatic carbocycles. The van der Waals surface area contributed by atoms with Gasteiger partial charge < -0.3 is 14.8 Å². The van der Waals surface area contributed by atoms with E-state index in [0.29, 0.717) is 17.1 Å². The van der Waals surface area contributed by atoms with Crippen LogP contribution in [0.4, 0.5) is 13.2 Å². The number of halogens is 3. The van der Waals surface area contributed by atoms with Crippen molar-refractivity contribution in [1.82, 2.24) is 5.32 Å². The number of hydrogen-bond donors (Lipinski definition) is 1. The molecule has 0 aliphatic heterocycles. The van der Waals surface area contributed by atoms with E-state index in [9.17, 15) is 18.0 Å². The number of fused-ring (bicyclic) bond motifs is 1. The first kappa shape index (κ1) is 21.5. The number of alkyl halides is 3. The van der Waals surface area contributed by atoms with Crippen molar-refractivity contribution in [2.45, 2.75) is 33.0 Å². The van der Waals surface area contributed by atoms with Crippen LogP contribution < -0.4 is 14.8 Å². The smallest absolute Gasteiger partial charge is 0.422 e. The monoisotopic (exact) mass is 417 g/mol. The van der Waals surface area contributed by atoms with Gasteiger partial charge in [-0.3, -0.25) is 4.79 Å². The zero-order valence-corrected chi connectivity index (χ0v) is 16.8. The van der Waals surface area contributed by atoms with Crippen LogP contribution in [0.5, 0.6) is 17.2 Å². The molecule has 0 saturated carbocycles. The maximum absolute atomic E-state index is 12.3. The number of nitrogens with one attached hydrogen (secondary N) is 1. The Labute approximate surface area is 172 Å². The van der Waals surface area contributed by atoms with Crippen LogP contribution in [0, 0.1) is 6.92 Å². The SMILES string of the molecule is CC(=O)NC(C)c1ccc2cc(Oc3ccc(OCC(F)(F)F)cc3C)ccc2c1. The normalized spacial score (nSPS) is 12.5. The van der Waals surface area contributed by atoms with Crippen LogP contribution in [-0.4, -0.2) is 18.7 Å². The number of ether oxygens (including phenoxy) is 2. The molecule has 3 aromatic rings. The van der Waals surface area contributed by atoms with Crippen LogP contribution in [-0.2, 0) is 4.79 Å². The number of carbonyl (C=O) groups is 1. The van der Waals surface area contributed by atoms with E-state index in [1.807, 2.05) is 43.3 Å². The summed E-state index contributed by atoms with van der Waals surface area (Å²) in [4.78, 5) is 11.3. The summed E-state index contributed by atoms with van der Waals surface area (Å²) in [5.74, 6) is 1.19. The van der Waals surface area contributed by atoms with Gasteiger partial charge in [0.1, 0.15) is 17.2 Å². The Hall–Kier alpha value is -3.22. The Bertz CT molecular complexity index is 1060. The van der Waals surface area contributed by atoms with Gasteiger partial charge >= 0.3 is 6.18 Å². The summed E-state index contributed by atoms with van der Waals surface area (Å²) in [6.45, 7) is 3.81. The Morgan fingerprint density at radius 1 is 1.00 bits per heavy atom. The summed E-state index contributed by atoms with van der Waals surface area (Å²) < 4.78 is 47.6. The van der Waals surface area contributed by atoms with Crippen LogP contribution in [0.15, 0.2) is 54.6 Å². The van der Waals surface area contributed by atoms with Crippen LogP contribution in [0.1, 0.15) is 31.0 Å². The van der Waals surface area contributed by atoms with E-state index in [-0.39, 0.29) is 17.7 Å². The zero-order chi connectivity index (χ0) is 21.9. The number of aryl methyl sites for hydroxylation is 1. The minimum absolute atomic E-state index is 0.0865. The summed E-state index contributed by atoms with van der Waals surface area (Å²) in [6, 6.07) is 16.0. The quantitative estimate of drug-likeness (QED) is 0.529. The maximum Gasteiger partial charge on any atom is 0.422 e. The van der Waals surface area contributed by atoms with Gasteiger partial charge in [-0.05, 0) is 72.1 Å². The molecule has 0 fully saturated rings. The predicted molar refractivity (Wildman–Crippen MR) is 109 cm³/mol.